The highest BCUT2D eigenvalue weighted by Gasteiger charge is 2.40. The number of aliphatic hydroxyl groups excluding tert-OH is 2. The fourth-order valence-electron chi connectivity index (χ4n) is 5.91. The van der Waals surface area contributed by atoms with Gasteiger partial charge < -0.3 is 19.7 Å². The molecule has 0 aromatic heterocycles. The zero-order valence-corrected chi connectivity index (χ0v) is 25.8. The van der Waals surface area contributed by atoms with Crippen LogP contribution >= 0.6 is 0 Å². The Morgan fingerprint density at radius 3 is 2.17 bits per heavy atom. The zero-order valence-electron chi connectivity index (χ0n) is 25.8. The number of ether oxygens (including phenoxy) is 2. The first-order chi connectivity index (χ1) is 18.7. The first kappa shape index (κ1) is 32.1. The van der Waals surface area contributed by atoms with Crippen LogP contribution in [0, 0.1) is 22.2 Å². The number of unbranched alkanes of at least 4 members (excludes halogenated alkanes) is 1. The lowest BCUT2D eigenvalue weighted by molar-refractivity contribution is -0.141. The van der Waals surface area contributed by atoms with Crippen LogP contribution in [0.5, 0.6) is 0 Å². The number of benzene rings is 1. The normalized spacial score (nSPS) is 22.4. The van der Waals surface area contributed by atoms with Crippen molar-refractivity contribution in [2.45, 2.75) is 112 Å². The number of carbonyl (C=O) groups is 1. The zero-order chi connectivity index (χ0) is 29.6. The minimum atomic E-state index is -0.717. The molecule has 222 valence electrons. The Bertz CT molecular complexity index is 1060. The van der Waals surface area contributed by atoms with Gasteiger partial charge in [-0.1, -0.05) is 97.4 Å². The molecule has 0 fully saturated rings. The van der Waals surface area contributed by atoms with Crippen molar-refractivity contribution in [3.8, 4) is 0 Å². The van der Waals surface area contributed by atoms with Crippen molar-refractivity contribution in [2.75, 3.05) is 6.61 Å². The van der Waals surface area contributed by atoms with Gasteiger partial charge in [0, 0.05) is 5.92 Å². The largest absolute Gasteiger partial charge is 0.494 e. The summed E-state index contributed by atoms with van der Waals surface area (Å²) in [6.45, 7) is 16.7. The Balaban J connectivity index is 1.37. The number of allylic oxidation sites excluding steroid dienone is 1. The van der Waals surface area contributed by atoms with E-state index >= 15 is 0 Å². The highest BCUT2D eigenvalue weighted by molar-refractivity contribution is 6.17. The Hall–Kier alpha value is -2.37. The van der Waals surface area contributed by atoms with Gasteiger partial charge in [-0.05, 0) is 72.5 Å². The molecule has 5 heteroatoms. The van der Waals surface area contributed by atoms with Crippen molar-refractivity contribution < 1.29 is 24.5 Å². The van der Waals surface area contributed by atoms with Crippen LogP contribution in [0.3, 0.4) is 0 Å². The van der Waals surface area contributed by atoms with Gasteiger partial charge in [0.05, 0.1) is 24.4 Å². The molecule has 2 N–H and O–H groups in total. The number of aliphatic hydroxyl groups is 2. The molecular weight excluding hydrogens is 500 g/mol. The fourth-order valence-corrected chi connectivity index (χ4v) is 5.91. The predicted molar refractivity (Wildman–Crippen MR) is 162 cm³/mol. The molecule has 0 radical (unpaired) electrons. The number of esters is 1. The third kappa shape index (κ3) is 9.07. The van der Waals surface area contributed by atoms with Crippen molar-refractivity contribution in [1.82, 2.24) is 0 Å². The molecule has 5 atom stereocenters. The lowest BCUT2D eigenvalue weighted by atomic mass is 9.59. The van der Waals surface area contributed by atoms with E-state index in [1.807, 2.05) is 54.6 Å². The second-order valence-corrected chi connectivity index (χ2v) is 14.2. The van der Waals surface area contributed by atoms with E-state index in [1.165, 1.54) is 0 Å². The molecule has 0 saturated heterocycles. The summed E-state index contributed by atoms with van der Waals surface area (Å²) >= 11 is 0. The molecule has 40 heavy (non-hydrogen) atoms. The fraction of sp³-hybridized carbons (Fsp3) is 0.629. The van der Waals surface area contributed by atoms with Gasteiger partial charge in [-0.25, -0.2) is 4.79 Å². The molecule has 1 aliphatic heterocycles. The molecule has 0 amide bonds. The maximum atomic E-state index is 12.6. The van der Waals surface area contributed by atoms with Crippen LogP contribution in [0.25, 0.3) is 5.57 Å². The molecule has 1 heterocycles. The maximum Gasteiger partial charge on any atom is 0.339 e. The van der Waals surface area contributed by atoms with Crippen molar-refractivity contribution in [3.63, 3.8) is 0 Å². The van der Waals surface area contributed by atoms with Crippen LogP contribution in [0.4, 0.5) is 0 Å². The van der Waals surface area contributed by atoms with Gasteiger partial charge in [0.1, 0.15) is 11.9 Å². The Morgan fingerprint density at radius 1 is 0.900 bits per heavy atom. The van der Waals surface area contributed by atoms with Crippen LogP contribution < -0.4 is 0 Å². The summed E-state index contributed by atoms with van der Waals surface area (Å²) in [6.07, 6.45) is 11.8. The number of fused-ring (bicyclic) bond motifs is 1. The van der Waals surface area contributed by atoms with E-state index in [0.717, 1.165) is 37.7 Å². The third-order valence-corrected chi connectivity index (χ3v) is 8.66. The van der Waals surface area contributed by atoms with E-state index in [-0.39, 0.29) is 34.2 Å². The summed E-state index contributed by atoms with van der Waals surface area (Å²) in [7, 11) is 0. The van der Waals surface area contributed by atoms with E-state index in [9.17, 15) is 15.0 Å². The van der Waals surface area contributed by atoms with Gasteiger partial charge in [-0.2, -0.15) is 0 Å². The van der Waals surface area contributed by atoms with E-state index < -0.39 is 12.2 Å². The Labute approximate surface area is 242 Å². The second kappa shape index (κ2) is 13.5. The summed E-state index contributed by atoms with van der Waals surface area (Å²) in [4.78, 5) is 12.6. The first-order valence-corrected chi connectivity index (χ1v) is 15.1. The first-order valence-electron chi connectivity index (χ1n) is 15.1. The van der Waals surface area contributed by atoms with E-state index in [4.69, 9.17) is 9.47 Å². The van der Waals surface area contributed by atoms with Crippen LogP contribution in [-0.4, -0.2) is 41.1 Å². The van der Waals surface area contributed by atoms with Crippen LogP contribution in [0.1, 0.15) is 99.0 Å². The number of rotatable bonds is 13. The highest BCUT2D eigenvalue weighted by Crippen LogP contribution is 2.49. The quantitative estimate of drug-likeness (QED) is 0.194. The predicted octanol–water partition coefficient (Wildman–Crippen LogP) is 7.63. The lowest BCUT2D eigenvalue weighted by Crippen LogP contribution is -2.37. The molecule has 1 aliphatic carbocycles. The second-order valence-electron chi connectivity index (χ2n) is 14.2. The van der Waals surface area contributed by atoms with Gasteiger partial charge in [-0.3, -0.25) is 0 Å². The Morgan fingerprint density at radius 2 is 1.55 bits per heavy atom. The smallest absolute Gasteiger partial charge is 0.339 e. The topological polar surface area (TPSA) is 76.0 Å². The van der Waals surface area contributed by atoms with E-state index in [2.05, 4.69) is 48.5 Å². The van der Waals surface area contributed by atoms with Crippen LogP contribution in [-0.2, 0) is 14.3 Å². The number of hydrogen-bond acceptors (Lipinski definition) is 5. The summed E-state index contributed by atoms with van der Waals surface area (Å²) in [5.41, 5.74) is 2.05. The molecule has 5 nitrogen and oxygen atoms in total. The van der Waals surface area contributed by atoms with Gasteiger partial charge in [-0.15, -0.1) is 0 Å². The molecule has 1 aromatic rings. The summed E-state index contributed by atoms with van der Waals surface area (Å²) in [5, 5.41) is 21.1. The average Bonchev–Trinajstić information content (AvgIpc) is 2.86. The molecule has 5 unspecified atom stereocenters. The maximum absolute atomic E-state index is 12.6. The molecule has 0 spiro atoms. The minimum Gasteiger partial charge on any atom is -0.494 e. The third-order valence-electron chi connectivity index (χ3n) is 8.66. The molecule has 3 rings (SSSR count). The van der Waals surface area contributed by atoms with Gasteiger partial charge >= 0.3 is 5.97 Å². The van der Waals surface area contributed by atoms with Gasteiger partial charge in [0.15, 0.2) is 0 Å². The average molecular weight is 553 g/mol. The summed E-state index contributed by atoms with van der Waals surface area (Å²) in [5.74, 6) is 0.373. The summed E-state index contributed by atoms with van der Waals surface area (Å²) in [6, 6.07) is 9.58. The van der Waals surface area contributed by atoms with Gasteiger partial charge in [0.2, 0.25) is 0 Å². The van der Waals surface area contributed by atoms with Crippen LogP contribution in [0.15, 0.2) is 60.4 Å². The Kier molecular flexibility index (Phi) is 10.9. The molecular formula is C35H52O5. The van der Waals surface area contributed by atoms with E-state index in [1.54, 1.807) is 0 Å². The molecule has 2 aliphatic rings. The summed E-state index contributed by atoms with van der Waals surface area (Å²) < 4.78 is 11.6. The van der Waals surface area contributed by atoms with Crippen molar-refractivity contribution in [2.24, 2.45) is 22.2 Å². The van der Waals surface area contributed by atoms with Crippen molar-refractivity contribution >= 4 is 11.5 Å². The molecule has 0 saturated carbocycles. The number of hydrogen-bond donors (Lipinski definition) is 2. The van der Waals surface area contributed by atoms with Crippen molar-refractivity contribution in [3.05, 3.63) is 66.0 Å². The van der Waals surface area contributed by atoms with E-state index in [0.29, 0.717) is 30.8 Å². The SMILES string of the molecule is CC(C)(C)CC(C)(CCCC(O)C(O)CCCCOC1=CC2OC(=O)C(c3ccccc3)=CC2C=C1)C(C)(C)C. The van der Waals surface area contributed by atoms with Gasteiger partial charge in [0.25, 0.3) is 0 Å². The van der Waals surface area contributed by atoms with Crippen LogP contribution in [0.2, 0.25) is 0 Å². The monoisotopic (exact) mass is 552 g/mol. The molecule has 1 aromatic carbocycles. The lowest BCUT2D eigenvalue weighted by Gasteiger charge is -2.46. The molecule has 0 bridgehead atoms. The highest BCUT2D eigenvalue weighted by atomic mass is 16.5. The standard InChI is InChI=1S/C35H52O5/c1-33(2,3)24-35(7,34(4,5)6)20-13-17-30(37)29(36)16-11-12-21-39-27-19-18-26-22-28(25-14-9-8-10-15-25)32(38)40-31(26)23-27/h8-10,14-15,18-19,22-23,26,29-31,36-37H,11-13,16-17,20-21,24H2,1-7H3. The van der Waals surface area contributed by atoms with Crippen molar-refractivity contribution in [1.29, 1.82) is 0 Å². The minimum absolute atomic E-state index is 0.00776. The number of carbonyl (C=O) groups excluding carboxylic acids is 1.